The van der Waals surface area contributed by atoms with Crippen molar-refractivity contribution in [2.24, 2.45) is 0 Å². The summed E-state index contributed by atoms with van der Waals surface area (Å²) in [5.41, 5.74) is -0.110. The summed E-state index contributed by atoms with van der Waals surface area (Å²) in [4.78, 5) is 9.57. The number of nitrogens with zero attached hydrogens (tertiary/aromatic N) is 1. The van der Waals surface area contributed by atoms with E-state index in [1.54, 1.807) is 0 Å². The first-order valence-corrected chi connectivity index (χ1v) is 5.60. The van der Waals surface area contributed by atoms with Gasteiger partial charge in [0.2, 0.25) is 6.54 Å². The Morgan fingerprint density at radius 1 is 1.59 bits per heavy atom. The van der Waals surface area contributed by atoms with Crippen molar-refractivity contribution in [3.05, 3.63) is 37.9 Å². The van der Waals surface area contributed by atoms with Gasteiger partial charge in [-0.2, -0.15) is 0 Å². The minimum atomic E-state index is -1.53. The summed E-state index contributed by atoms with van der Waals surface area (Å²) >= 11 is 11.0. The Morgan fingerprint density at radius 3 is 2.76 bits per heavy atom. The number of nitro groups is 1. The van der Waals surface area contributed by atoms with Crippen LogP contribution >= 0.6 is 35.6 Å². The summed E-state index contributed by atoms with van der Waals surface area (Å²) in [6, 6.07) is 2.59. The third kappa shape index (κ3) is 3.60. The molecule has 0 saturated heterocycles. The Kier molecular flexibility index (Phi) is 5.26. The number of aliphatic hydroxyl groups excluding tert-OH is 1. The molecule has 9 heteroatoms. The molecule has 17 heavy (non-hydrogen) atoms. The molecule has 0 amide bonds. The summed E-state index contributed by atoms with van der Waals surface area (Å²) in [6.07, 6.45) is -1.53. The van der Waals surface area contributed by atoms with Crippen molar-refractivity contribution in [2.45, 2.75) is 6.10 Å². The number of benzene rings is 1. The van der Waals surface area contributed by atoms with Gasteiger partial charge in [-0.25, -0.2) is 0 Å². The summed E-state index contributed by atoms with van der Waals surface area (Å²) in [5, 5.41) is 19.9. The van der Waals surface area contributed by atoms with Crippen molar-refractivity contribution in [1.29, 1.82) is 0 Å². The molecule has 0 aliphatic heterocycles. The van der Waals surface area contributed by atoms with Gasteiger partial charge in [-0.15, -0.1) is 3.89 Å². The smallest absolute Gasteiger partial charge is 0.272 e. The van der Waals surface area contributed by atoms with E-state index < -0.39 is 30.0 Å². The van der Waals surface area contributed by atoms with Crippen LogP contribution in [-0.4, -0.2) is 16.6 Å². The monoisotopic (exact) mass is 301 g/mol. The second-order valence-electron chi connectivity index (χ2n) is 2.95. The molecule has 5 nitrogen and oxygen atoms in total. The molecule has 94 valence electrons. The molecule has 1 atom stereocenters. The maximum Gasteiger partial charge on any atom is 0.272 e. The van der Waals surface area contributed by atoms with Gasteiger partial charge >= 0.3 is 0 Å². The molecule has 0 aromatic heterocycles. The highest BCUT2D eigenvalue weighted by atomic mass is 35.5. The van der Waals surface area contributed by atoms with Crippen LogP contribution in [0.5, 0.6) is 5.75 Å². The molecule has 0 aliphatic carbocycles. The standard InChI is InChI=1S/C8H6Cl2FNO4S/c9-4-1-2-6(16-17-11)7(8(4)10)5(13)3-12(14)15/h1-2,5,13H,3H2. The summed E-state index contributed by atoms with van der Waals surface area (Å²) in [6.45, 7) is -0.784. The Bertz CT molecular complexity index is 434. The molecule has 0 fully saturated rings. The highest BCUT2D eigenvalue weighted by Crippen LogP contribution is 2.38. The number of halogens is 3. The van der Waals surface area contributed by atoms with Crippen molar-refractivity contribution in [3.8, 4) is 5.75 Å². The topological polar surface area (TPSA) is 72.6 Å². The van der Waals surface area contributed by atoms with Crippen LogP contribution in [0.2, 0.25) is 10.0 Å². The van der Waals surface area contributed by atoms with Gasteiger partial charge in [-0.05, 0) is 12.1 Å². The Labute approximate surface area is 110 Å². The van der Waals surface area contributed by atoms with Gasteiger partial charge in [0.15, 0.2) is 0 Å². The summed E-state index contributed by atoms with van der Waals surface area (Å²) < 4.78 is 16.5. The van der Waals surface area contributed by atoms with Crippen molar-refractivity contribution in [3.63, 3.8) is 0 Å². The van der Waals surface area contributed by atoms with Crippen LogP contribution in [0.15, 0.2) is 12.1 Å². The molecule has 1 unspecified atom stereocenters. The zero-order chi connectivity index (χ0) is 13.0. The molecule has 1 aromatic rings. The molecule has 0 heterocycles. The maximum absolute atomic E-state index is 12.0. The van der Waals surface area contributed by atoms with E-state index in [2.05, 4.69) is 4.18 Å². The number of hydrogen-bond donors (Lipinski definition) is 1. The van der Waals surface area contributed by atoms with Crippen LogP contribution < -0.4 is 4.18 Å². The van der Waals surface area contributed by atoms with E-state index in [0.717, 1.165) is 0 Å². The van der Waals surface area contributed by atoms with Gasteiger partial charge in [0, 0.05) is 4.92 Å². The predicted octanol–water partition coefficient (Wildman–Crippen LogP) is 3.22. The average Bonchev–Trinajstić information content (AvgIpc) is 2.23. The molecule has 0 spiro atoms. The first-order chi connectivity index (χ1) is 7.97. The molecule has 0 aliphatic rings. The van der Waals surface area contributed by atoms with Gasteiger partial charge in [-0.3, -0.25) is 10.1 Å². The van der Waals surface area contributed by atoms with Crippen molar-refractivity contribution in [2.75, 3.05) is 6.54 Å². The lowest BCUT2D eigenvalue weighted by molar-refractivity contribution is -0.491. The second-order valence-corrected chi connectivity index (χ2v) is 4.03. The molecule has 1 aromatic carbocycles. The minimum absolute atomic E-state index is 0.0836. The third-order valence-electron chi connectivity index (χ3n) is 1.87. The molecule has 0 saturated carbocycles. The van der Waals surface area contributed by atoms with E-state index in [1.807, 2.05) is 0 Å². The van der Waals surface area contributed by atoms with Crippen molar-refractivity contribution < 1.29 is 18.1 Å². The highest BCUT2D eigenvalue weighted by molar-refractivity contribution is 7.89. The lowest BCUT2D eigenvalue weighted by Gasteiger charge is -2.13. The van der Waals surface area contributed by atoms with Crippen LogP contribution in [0.1, 0.15) is 11.7 Å². The lowest BCUT2D eigenvalue weighted by atomic mass is 10.1. The van der Waals surface area contributed by atoms with Gasteiger partial charge in [0.1, 0.15) is 11.9 Å². The average molecular weight is 302 g/mol. The lowest BCUT2D eigenvalue weighted by Crippen LogP contribution is -2.13. The van der Waals surface area contributed by atoms with E-state index >= 15 is 0 Å². The fraction of sp³-hybridized carbons (Fsp3) is 0.250. The zero-order valence-corrected chi connectivity index (χ0v) is 10.4. The van der Waals surface area contributed by atoms with Crippen LogP contribution in [0, 0.1) is 10.1 Å². The fourth-order valence-corrected chi connectivity index (χ4v) is 1.86. The first-order valence-electron chi connectivity index (χ1n) is 4.20. The second kappa shape index (κ2) is 6.25. The van der Waals surface area contributed by atoms with Crippen LogP contribution in [0.4, 0.5) is 3.89 Å². The number of rotatable bonds is 5. The SMILES string of the molecule is O=[N+]([O-])CC(O)c1c(OSF)ccc(Cl)c1Cl. The molecular formula is C8H6Cl2FNO4S. The van der Waals surface area contributed by atoms with Crippen LogP contribution in [0.3, 0.4) is 0 Å². The van der Waals surface area contributed by atoms with Crippen LogP contribution in [-0.2, 0) is 0 Å². The Balaban J connectivity index is 3.17. The summed E-state index contributed by atoms with van der Waals surface area (Å²) in [7, 11) is 0. The van der Waals surface area contributed by atoms with E-state index in [-0.39, 0.29) is 21.4 Å². The van der Waals surface area contributed by atoms with E-state index in [4.69, 9.17) is 23.2 Å². The van der Waals surface area contributed by atoms with Gasteiger partial charge < -0.3 is 9.29 Å². The zero-order valence-electron chi connectivity index (χ0n) is 8.10. The van der Waals surface area contributed by atoms with Crippen LogP contribution in [0.25, 0.3) is 0 Å². The number of hydrogen-bond acceptors (Lipinski definition) is 5. The fourth-order valence-electron chi connectivity index (χ4n) is 1.20. The van der Waals surface area contributed by atoms with E-state index in [0.29, 0.717) is 0 Å². The largest absolute Gasteiger partial charge is 0.397 e. The molecule has 0 bridgehead atoms. The quantitative estimate of drug-likeness (QED) is 0.513. The van der Waals surface area contributed by atoms with Crippen molar-refractivity contribution >= 4 is 35.6 Å². The third-order valence-corrected chi connectivity index (χ3v) is 2.93. The van der Waals surface area contributed by atoms with Crippen molar-refractivity contribution in [1.82, 2.24) is 0 Å². The summed E-state index contributed by atoms with van der Waals surface area (Å²) in [5.74, 6) is -0.110. The molecule has 0 radical (unpaired) electrons. The normalized spacial score (nSPS) is 12.2. The van der Waals surface area contributed by atoms with Gasteiger partial charge in [0.25, 0.3) is 12.4 Å². The predicted molar refractivity (Wildman–Crippen MR) is 62.6 cm³/mol. The first kappa shape index (κ1) is 14.3. The van der Waals surface area contributed by atoms with Gasteiger partial charge in [0.05, 0.1) is 15.6 Å². The highest BCUT2D eigenvalue weighted by Gasteiger charge is 2.24. The molecule has 1 rings (SSSR count). The maximum atomic E-state index is 12.0. The minimum Gasteiger partial charge on any atom is -0.397 e. The Morgan fingerprint density at radius 2 is 2.24 bits per heavy atom. The number of aliphatic hydroxyl groups is 1. The molecular weight excluding hydrogens is 296 g/mol. The van der Waals surface area contributed by atoms with E-state index in [1.165, 1.54) is 12.1 Å². The van der Waals surface area contributed by atoms with E-state index in [9.17, 15) is 19.1 Å². The van der Waals surface area contributed by atoms with Gasteiger partial charge in [-0.1, -0.05) is 23.2 Å². The molecule has 1 N–H and O–H groups in total. The Hall–Kier alpha value is -0.760.